The second-order valence-electron chi connectivity index (χ2n) is 7.93. The molecule has 3 heterocycles. The predicted molar refractivity (Wildman–Crippen MR) is 96.5 cm³/mol. The van der Waals surface area contributed by atoms with Crippen LogP contribution in [0.25, 0.3) is 0 Å². The van der Waals surface area contributed by atoms with Gasteiger partial charge in [0.1, 0.15) is 5.60 Å². The fourth-order valence-electron chi connectivity index (χ4n) is 4.31. The minimum atomic E-state index is -0.430. The smallest absolute Gasteiger partial charge is 0.410 e. The molecule has 0 aromatic carbocycles. The fourth-order valence-corrected chi connectivity index (χ4v) is 4.31. The quantitative estimate of drug-likeness (QED) is 0.722. The zero-order valence-corrected chi connectivity index (χ0v) is 16.0. The topological polar surface area (TPSA) is 70.2 Å². The molecule has 0 N–H and O–H groups in total. The van der Waals surface area contributed by atoms with Crippen LogP contribution in [0.5, 0.6) is 0 Å². The molecule has 0 aromatic heterocycles. The number of ether oxygens (including phenoxy) is 1. The van der Waals surface area contributed by atoms with Crippen molar-refractivity contribution in [3.05, 3.63) is 0 Å². The molecule has 3 fully saturated rings. The van der Waals surface area contributed by atoms with Crippen LogP contribution in [0, 0.1) is 0 Å². The van der Waals surface area contributed by atoms with E-state index in [9.17, 15) is 14.4 Å². The van der Waals surface area contributed by atoms with Crippen molar-refractivity contribution in [2.75, 3.05) is 32.7 Å². The lowest BCUT2D eigenvalue weighted by Gasteiger charge is -2.37. The van der Waals surface area contributed by atoms with Crippen LogP contribution in [-0.2, 0) is 14.3 Å². The highest BCUT2D eigenvalue weighted by Crippen LogP contribution is 2.34. The normalized spacial score (nSPS) is 23.7. The second kappa shape index (κ2) is 7.84. The molecule has 7 heteroatoms. The maximum atomic E-state index is 12.5. The summed E-state index contributed by atoms with van der Waals surface area (Å²) in [6.45, 7) is 7.37. The number of carbonyl (C=O) groups excluding carboxylic acids is 3. The predicted octanol–water partition coefficient (Wildman–Crippen LogP) is 2.00. The molecular formula is C19H31N3O4. The van der Waals surface area contributed by atoms with Gasteiger partial charge in [-0.05, 0) is 19.8 Å². The van der Waals surface area contributed by atoms with Gasteiger partial charge in [-0.15, -0.1) is 0 Å². The summed E-state index contributed by atoms with van der Waals surface area (Å²) < 4.78 is 5.75. The van der Waals surface area contributed by atoms with E-state index < -0.39 is 5.60 Å². The Hall–Kier alpha value is -1.79. The molecule has 1 spiro atoms. The molecule has 3 aliphatic heterocycles. The van der Waals surface area contributed by atoms with Crippen LogP contribution in [0.3, 0.4) is 0 Å². The molecule has 0 radical (unpaired) electrons. The Morgan fingerprint density at radius 1 is 1.23 bits per heavy atom. The van der Waals surface area contributed by atoms with Crippen LogP contribution in [0.15, 0.2) is 0 Å². The minimum absolute atomic E-state index is 0.0973. The van der Waals surface area contributed by atoms with E-state index in [2.05, 4.69) is 13.8 Å². The van der Waals surface area contributed by atoms with Crippen LogP contribution < -0.4 is 0 Å². The van der Waals surface area contributed by atoms with Gasteiger partial charge in [-0.2, -0.15) is 0 Å². The summed E-state index contributed by atoms with van der Waals surface area (Å²) in [4.78, 5) is 41.8. The van der Waals surface area contributed by atoms with Crippen molar-refractivity contribution in [3.63, 3.8) is 0 Å². The molecule has 0 bridgehead atoms. The van der Waals surface area contributed by atoms with Gasteiger partial charge in [-0.25, -0.2) is 4.79 Å². The maximum Gasteiger partial charge on any atom is 0.410 e. The Kier molecular flexibility index (Phi) is 5.73. The number of carbonyl (C=O) groups is 3. The van der Waals surface area contributed by atoms with Gasteiger partial charge >= 0.3 is 6.09 Å². The fraction of sp³-hybridized carbons (Fsp3) is 0.842. The number of hydrogen-bond acceptors (Lipinski definition) is 4. The number of piperidine rings is 1. The average Bonchev–Trinajstić information content (AvgIpc) is 3.17. The van der Waals surface area contributed by atoms with Gasteiger partial charge in [0.05, 0.1) is 6.54 Å². The van der Waals surface area contributed by atoms with Gasteiger partial charge in [-0.3, -0.25) is 9.59 Å². The highest BCUT2D eigenvalue weighted by Gasteiger charge is 2.48. The van der Waals surface area contributed by atoms with Crippen molar-refractivity contribution in [3.8, 4) is 0 Å². The van der Waals surface area contributed by atoms with Crippen LogP contribution in [0.1, 0.15) is 58.8 Å². The van der Waals surface area contributed by atoms with Crippen LogP contribution in [0.4, 0.5) is 4.79 Å². The standard InChI is InChI=1S/C19H31N3O4/c1-3-5-15(2)22-14-19(26-18(22)25)8-12-21(13-9-19)17(24)7-11-20-10-4-6-16(20)23/h15H,3-14H2,1-2H3. The van der Waals surface area contributed by atoms with E-state index in [1.807, 2.05) is 9.80 Å². The van der Waals surface area contributed by atoms with Gasteiger partial charge in [-0.1, -0.05) is 13.3 Å². The zero-order valence-electron chi connectivity index (χ0n) is 16.0. The molecule has 3 amide bonds. The summed E-state index contributed by atoms with van der Waals surface area (Å²) in [7, 11) is 0. The monoisotopic (exact) mass is 365 g/mol. The van der Waals surface area contributed by atoms with Crippen molar-refractivity contribution >= 4 is 17.9 Å². The van der Waals surface area contributed by atoms with Crippen molar-refractivity contribution in [1.29, 1.82) is 0 Å². The first-order valence-electron chi connectivity index (χ1n) is 9.99. The highest BCUT2D eigenvalue weighted by molar-refractivity contribution is 5.80. The summed E-state index contributed by atoms with van der Waals surface area (Å²) in [5.41, 5.74) is -0.430. The van der Waals surface area contributed by atoms with E-state index in [0.29, 0.717) is 51.9 Å². The highest BCUT2D eigenvalue weighted by atomic mass is 16.6. The van der Waals surface area contributed by atoms with Gasteiger partial charge in [0.15, 0.2) is 0 Å². The number of rotatable bonds is 6. The summed E-state index contributed by atoms with van der Waals surface area (Å²) in [6, 6.07) is 0.199. The van der Waals surface area contributed by atoms with Crippen LogP contribution in [-0.4, -0.2) is 77.0 Å². The van der Waals surface area contributed by atoms with E-state index >= 15 is 0 Å². The number of hydrogen-bond donors (Lipinski definition) is 0. The summed E-state index contributed by atoms with van der Waals surface area (Å²) >= 11 is 0. The minimum Gasteiger partial charge on any atom is -0.441 e. The number of amides is 3. The van der Waals surface area contributed by atoms with Gasteiger partial charge in [0.25, 0.3) is 0 Å². The molecule has 0 aromatic rings. The molecule has 0 saturated carbocycles. The van der Waals surface area contributed by atoms with Crippen molar-refractivity contribution < 1.29 is 19.1 Å². The maximum absolute atomic E-state index is 12.5. The summed E-state index contributed by atoms with van der Waals surface area (Å²) in [5, 5.41) is 0. The van der Waals surface area contributed by atoms with Gasteiger partial charge in [0.2, 0.25) is 11.8 Å². The molecule has 3 aliphatic rings. The Bertz CT molecular complexity index is 557. The third kappa shape index (κ3) is 3.96. The van der Waals surface area contributed by atoms with E-state index in [-0.39, 0.29) is 23.9 Å². The number of likely N-dealkylation sites (tertiary alicyclic amines) is 2. The van der Waals surface area contributed by atoms with Crippen LogP contribution >= 0.6 is 0 Å². The average molecular weight is 365 g/mol. The van der Waals surface area contributed by atoms with Crippen molar-refractivity contribution in [2.45, 2.75) is 70.4 Å². The van der Waals surface area contributed by atoms with Crippen LogP contribution in [0.2, 0.25) is 0 Å². The third-order valence-electron chi connectivity index (χ3n) is 6.03. The SMILES string of the molecule is CCCC(C)N1CC2(CCN(C(=O)CCN3CCCC3=O)CC2)OC1=O. The molecule has 146 valence electrons. The lowest BCUT2D eigenvalue weighted by atomic mass is 9.90. The zero-order chi connectivity index (χ0) is 18.7. The molecule has 1 unspecified atom stereocenters. The molecule has 3 saturated heterocycles. The van der Waals surface area contributed by atoms with E-state index in [0.717, 1.165) is 25.8 Å². The molecular weight excluding hydrogens is 334 g/mol. The van der Waals surface area contributed by atoms with Gasteiger partial charge in [0, 0.05) is 57.9 Å². The van der Waals surface area contributed by atoms with Crippen molar-refractivity contribution in [2.24, 2.45) is 0 Å². The molecule has 26 heavy (non-hydrogen) atoms. The first-order chi connectivity index (χ1) is 12.4. The lowest BCUT2D eigenvalue weighted by Crippen LogP contribution is -2.49. The van der Waals surface area contributed by atoms with Gasteiger partial charge < -0.3 is 19.4 Å². The Balaban J connectivity index is 1.47. The Labute approximate surface area is 155 Å². The first-order valence-corrected chi connectivity index (χ1v) is 9.99. The molecule has 3 rings (SSSR count). The van der Waals surface area contributed by atoms with E-state index in [1.54, 1.807) is 4.90 Å². The first kappa shape index (κ1) is 19.0. The second-order valence-corrected chi connectivity index (χ2v) is 7.93. The Morgan fingerprint density at radius 3 is 2.58 bits per heavy atom. The summed E-state index contributed by atoms with van der Waals surface area (Å²) in [5.74, 6) is 0.259. The largest absolute Gasteiger partial charge is 0.441 e. The lowest BCUT2D eigenvalue weighted by molar-refractivity contribution is -0.135. The third-order valence-corrected chi connectivity index (χ3v) is 6.03. The molecule has 0 aliphatic carbocycles. The molecule has 1 atom stereocenters. The van der Waals surface area contributed by atoms with E-state index in [1.165, 1.54) is 0 Å². The van der Waals surface area contributed by atoms with Crippen molar-refractivity contribution in [1.82, 2.24) is 14.7 Å². The number of nitrogens with zero attached hydrogens (tertiary/aromatic N) is 3. The Morgan fingerprint density at radius 2 is 1.96 bits per heavy atom. The summed E-state index contributed by atoms with van der Waals surface area (Å²) in [6.07, 6.45) is 5.10. The molecule has 7 nitrogen and oxygen atoms in total. The van der Waals surface area contributed by atoms with E-state index in [4.69, 9.17) is 4.74 Å².